The van der Waals surface area contributed by atoms with Gasteiger partial charge in [0.15, 0.2) is 0 Å². The SMILES string of the molecule is CNC1(C(=O)N(C=O)CCN2CCC(CNC(=O)c3cc(F)cc(C(F)(F)F)c3)CC2)CCC1. The summed E-state index contributed by atoms with van der Waals surface area (Å²) in [4.78, 5) is 39.8. The predicted octanol–water partition coefficient (Wildman–Crippen LogP) is 2.41. The van der Waals surface area contributed by atoms with E-state index in [1.807, 2.05) is 0 Å². The molecule has 2 aliphatic rings. The Morgan fingerprint density at radius 1 is 1.21 bits per heavy atom. The number of rotatable bonds is 9. The molecule has 34 heavy (non-hydrogen) atoms. The minimum atomic E-state index is -4.74. The van der Waals surface area contributed by atoms with Gasteiger partial charge in [-0.2, -0.15) is 13.2 Å². The summed E-state index contributed by atoms with van der Waals surface area (Å²) in [5.74, 6) is -1.93. The van der Waals surface area contributed by atoms with Crippen LogP contribution in [0.15, 0.2) is 18.2 Å². The number of piperidine rings is 1. The molecular weight excluding hydrogens is 456 g/mol. The molecule has 188 valence electrons. The Bertz CT molecular complexity index is 891. The number of nitrogens with zero attached hydrogens (tertiary/aromatic N) is 2. The van der Waals surface area contributed by atoms with Crippen molar-refractivity contribution in [1.29, 1.82) is 0 Å². The maximum absolute atomic E-state index is 13.5. The van der Waals surface area contributed by atoms with E-state index in [4.69, 9.17) is 0 Å². The number of halogens is 4. The van der Waals surface area contributed by atoms with Gasteiger partial charge in [0.2, 0.25) is 12.3 Å². The summed E-state index contributed by atoms with van der Waals surface area (Å²) in [6, 6.07) is 1.79. The Kier molecular flexibility index (Phi) is 8.29. The summed E-state index contributed by atoms with van der Waals surface area (Å²) < 4.78 is 52.1. The first kappa shape index (κ1) is 26.1. The van der Waals surface area contributed by atoms with Gasteiger partial charge in [0.1, 0.15) is 5.82 Å². The second-order valence-electron chi connectivity index (χ2n) is 9.01. The minimum Gasteiger partial charge on any atom is -0.352 e. The molecule has 0 unspecified atom stereocenters. The van der Waals surface area contributed by atoms with Gasteiger partial charge in [0.05, 0.1) is 11.1 Å². The third kappa shape index (κ3) is 6.12. The van der Waals surface area contributed by atoms with Gasteiger partial charge in [-0.15, -0.1) is 0 Å². The topological polar surface area (TPSA) is 81.8 Å². The van der Waals surface area contributed by atoms with Gasteiger partial charge in [0, 0.05) is 25.2 Å². The van der Waals surface area contributed by atoms with E-state index < -0.39 is 29.0 Å². The highest BCUT2D eigenvalue weighted by atomic mass is 19.4. The van der Waals surface area contributed by atoms with Crippen LogP contribution in [0.5, 0.6) is 0 Å². The van der Waals surface area contributed by atoms with Gasteiger partial charge >= 0.3 is 6.18 Å². The van der Waals surface area contributed by atoms with Crippen molar-refractivity contribution in [1.82, 2.24) is 20.4 Å². The van der Waals surface area contributed by atoms with Crippen LogP contribution in [-0.2, 0) is 15.8 Å². The second kappa shape index (κ2) is 10.8. The average Bonchev–Trinajstić information content (AvgIpc) is 2.77. The number of carbonyl (C=O) groups is 3. The first-order valence-corrected chi connectivity index (χ1v) is 11.4. The predicted molar refractivity (Wildman–Crippen MR) is 116 cm³/mol. The van der Waals surface area contributed by atoms with Gasteiger partial charge in [-0.1, -0.05) is 0 Å². The van der Waals surface area contributed by atoms with Gasteiger partial charge in [-0.3, -0.25) is 19.3 Å². The molecule has 0 bridgehead atoms. The fraction of sp³-hybridized carbons (Fsp3) is 0.609. The zero-order chi connectivity index (χ0) is 24.9. The molecular formula is C23H30F4N4O3. The van der Waals surface area contributed by atoms with E-state index in [-0.39, 0.29) is 23.9 Å². The van der Waals surface area contributed by atoms with E-state index in [0.29, 0.717) is 44.7 Å². The quantitative estimate of drug-likeness (QED) is 0.414. The zero-order valence-corrected chi connectivity index (χ0v) is 19.1. The molecule has 1 saturated heterocycles. The van der Waals surface area contributed by atoms with E-state index in [9.17, 15) is 31.9 Å². The number of carbonyl (C=O) groups excluding carboxylic acids is 3. The lowest BCUT2D eigenvalue weighted by atomic mass is 9.76. The average molecular weight is 487 g/mol. The lowest BCUT2D eigenvalue weighted by molar-refractivity contribution is -0.146. The van der Waals surface area contributed by atoms with Crippen molar-refractivity contribution in [3.05, 3.63) is 35.1 Å². The van der Waals surface area contributed by atoms with Crippen LogP contribution in [0.25, 0.3) is 0 Å². The van der Waals surface area contributed by atoms with E-state index >= 15 is 0 Å². The molecule has 3 amide bonds. The van der Waals surface area contributed by atoms with Crippen LogP contribution in [0.3, 0.4) is 0 Å². The second-order valence-corrected chi connectivity index (χ2v) is 9.01. The molecule has 1 aromatic rings. The van der Waals surface area contributed by atoms with E-state index in [1.165, 1.54) is 4.90 Å². The van der Waals surface area contributed by atoms with Crippen molar-refractivity contribution in [2.45, 2.75) is 43.8 Å². The summed E-state index contributed by atoms with van der Waals surface area (Å²) >= 11 is 0. The number of alkyl halides is 3. The third-order valence-corrected chi connectivity index (χ3v) is 6.89. The first-order chi connectivity index (χ1) is 16.1. The minimum absolute atomic E-state index is 0.127. The molecule has 11 heteroatoms. The molecule has 0 radical (unpaired) electrons. The molecule has 1 aromatic carbocycles. The highest BCUT2D eigenvalue weighted by Gasteiger charge is 2.45. The van der Waals surface area contributed by atoms with Crippen LogP contribution in [-0.4, -0.2) is 73.3 Å². The summed E-state index contributed by atoms with van der Waals surface area (Å²) in [7, 11) is 1.73. The molecule has 0 aromatic heterocycles. The Balaban J connectivity index is 1.43. The van der Waals surface area contributed by atoms with E-state index in [0.717, 1.165) is 38.2 Å². The standard InChI is InChI=1S/C23H30F4N4O3/c1-28-22(5-2-6-22)21(34)31(15-32)10-9-30-7-3-16(4-8-30)14-29-20(33)17-11-18(23(25,26)27)13-19(24)12-17/h11-13,15-16,28H,2-10,14H2,1H3,(H,29,33). The number of benzene rings is 1. The summed E-state index contributed by atoms with van der Waals surface area (Å²) in [5, 5.41) is 5.65. The van der Waals surface area contributed by atoms with Crippen molar-refractivity contribution in [2.75, 3.05) is 39.8 Å². The van der Waals surface area contributed by atoms with Gasteiger partial charge < -0.3 is 15.5 Å². The molecule has 1 heterocycles. The smallest absolute Gasteiger partial charge is 0.352 e. The normalized spacial score (nSPS) is 18.7. The van der Waals surface area contributed by atoms with Crippen LogP contribution in [0.2, 0.25) is 0 Å². The maximum Gasteiger partial charge on any atom is 0.416 e. The molecule has 0 atom stereocenters. The summed E-state index contributed by atoms with van der Waals surface area (Å²) in [5.41, 5.74) is -2.20. The zero-order valence-electron chi connectivity index (χ0n) is 19.1. The lowest BCUT2D eigenvalue weighted by Crippen LogP contribution is -2.61. The molecule has 2 N–H and O–H groups in total. The number of amides is 3. The van der Waals surface area contributed by atoms with Crippen molar-refractivity contribution >= 4 is 18.2 Å². The number of nitrogens with one attached hydrogen (secondary N) is 2. The molecule has 1 saturated carbocycles. The Labute approximate surface area is 195 Å². The van der Waals surface area contributed by atoms with Crippen molar-refractivity contribution in [3.63, 3.8) is 0 Å². The van der Waals surface area contributed by atoms with E-state index in [1.54, 1.807) is 7.05 Å². The maximum atomic E-state index is 13.5. The number of likely N-dealkylation sites (N-methyl/N-ethyl adjacent to an activating group) is 1. The fourth-order valence-corrected chi connectivity index (χ4v) is 4.46. The summed E-state index contributed by atoms with van der Waals surface area (Å²) in [6.07, 6.45) is -0.280. The number of likely N-dealkylation sites (tertiary alicyclic amines) is 1. The monoisotopic (exact) mass is 486 g/mol. The van der Waals surface area contributed by atoms with E-state index in [2.05, 4.69) is 15.5 Å². The molecule has 0 spiro atoms. The molecule has 3 rings (SSSR count). The third-order valence-electron chi connectivity index (χ3n) is 6.89. The van der Waals surface area contributed by atoms with Gasteiger partial charge in [-0.25, -0.2) is 4.39 Å². The number of hydrogen-bond donors (Lipinski definition) is 2. The number of imide groups is 1. The van der Waals surface area contributed by atoms with Gasteiger partial charge in [-0.05, 0) is 76.4 Å². The molecule has 2 fully saturated rings. The highest BCUT2D eigenvalue weighted by molar-refractivity contribution is 5.94. The van der Waals surface area contributed by atoms with Crippen molar-refractivity contribution < 1.29 is 31.9 Å². The molecule has 7 nitrogen and oxygen atoms in total. The Morgan fingerprint density at radius 2 is 1.88 bits per heavy atom. The van der Waals surface area contributed by atoms with Crippen LogP contribution in [0.4, 0.5) is 17.6 Å². The van der Waals surface area contributed by atoms with Crippen molar-refractivity contribution in [2.24, 2.45) is 5.92 Å². The Hall–Kier alpha value is -2.53. The number of hydrogen-bond acceptors (Lipinski definition) is 5. The Morgan fingerprint density at radius 3 is 2.41 bits per heavy atom. The van der Waals surface area contributed by atoms with Crippen molar-refractivity contribution in [3.8, 4) is 0 Å². The van der Waals surface area contributed by atoms with Crippen LogP contribution < -0.4 is 10.6 Å². The molecule has 1 aliphatic heterocycles. The lowest BCUT2D eigenvalue weighted by Gasteiger charge is -2.42. The molecule has 1 aliphatic carbocycles. The van der Waals surface area contributed by atoms with Crippen LogP contribution >= 0.6 is 0 Å². The first-order valence-electron chi connectivity index (χ1n) is 11.4. The van der Waals surface area contributed by atoms with Crippen LogP contribution in [0, 0.1) is 11.7 Å². The summed E-state index contributed by atoms with van der Waals surface area (Å²) in [6.45, 7) is 2.53. The van der Waals surface area contributed by atoms with Gasteiger partial charge in [0.25, 0.3) is 5.91 Å². The van der Waals surface area contributed by atoms with Crippen LogP contribution in [0.1, 0.15) is 48.0 Å². The fourth-order valence-electron chi connectivity index (χ4n) is 4.46. The highest BCUT2D eigenvalue weighted by Crippen LogP contribution is 2.33. The largest absolute Gasteiger partial charge is 0.416 e.